The van der Waals surface area contributed by atoms with E-state index in [4.69, 9.17) is 0 Å². The molecule has 3 unspecified atom stereocenters. The molecule has 0 bridgehead atoms. The van der Waals surface area contributed by atoms with Crippen molar-refractivity contribution < 1.29 is 5.11 Å². The monoisotopic (exact) mass is 272 g/mol. The minimum atomic E-state index is 0.0383. The van der Waals surface area contributed by atoms with Gasteiger partial charge >= 0.3 is 0 Å². The number of nitriles is 1. The maximum Gasteiger partial charge on any atom is 0.0672 e. The van der Waals surface area contributed by atoms with E-state index in [9.17, 15) is 10.4 Å². The first kappa shape index (κ1) is 15.0. The van der Waals surface area contributed by atoms with E-state index < -0.39 is 0 Å². The van der Waals surface area contributed by atoms with Gasteiger partial charge in [0.1, 0.15) is 0 Å². The minimum Gasteiger partial charge on any atom is -0.395 e. The van der Waals surface area contributed by atoms with Crippen LogP contribution in [0.5, 0.6) is 0 Å². The second-order valence-electron chi connectivity index (χ2n) is 5.72. The number of hydrogen-bond donors (Lipinski definition) is 2. The molecular weight excluding hydrogens is 248 g/mol. The number of benzene rings is 1. The predicted octanol–water partition coefficient (Wildman–Crippen LogP) is 2.65. The molecule has 2 rings (SSSR count). The van der Waals surface area contributed by atoms with E-state index in [-0.39, 0.29) is 24.6 Å². The number of nitrogens with one attached hydrogen (secondary N) is 1. The number of hydrogen-bond acceptors (Lipinski definition) is 3. The molecule has 3 heteroatoms. The van der Waals surface area contributed by atoms with Crippen LogP contribution in [-0.2, 0) is 6.42 Å². The van der Waals surface area contributed by atoms with Crippen molar-refractivity contribution in [2.45, 2.75) is 50.6 Å². The van der Waals surface area contributed by atoms with Gasteiger partial charge in [0.15, 0.2) is 0 Å². The fourth-order valence-corrected chi connectivity index (χ4v) is 3.04. The third-order valence-corrected chi connectivity index (χ3v) is 4.18. The van der Waals surface area contributed by atoms with Crippen LogP contribution >= 0.6 is 0 Å². The van der Waals surface area contributed by atoms with E-state index >= 15 is 0 Å². The van der Waals surface area contributed by atoms with E-state index in [1.54, 1.807) is 0 Å². The second-order valence-corrected chi connectivity index (χ2v) is 5.72. The Labute approximate surface area is 121 Å². The molecule has 1 saturated carbocycles. The normalized spacial score (nSPS) is 24.6. The van der Waals surface area contributed by atoms with Gasteiger partial charge in [-0.05, 0) is 24.8 Å². The van der Waals surface area contributed by atoms with Gasteiger partial charge in [0.05, 0.1) is 18.6 Å². The maximum absolute atomic E-state index is 9.60. The molecule has 3 atom stereocenters. The molecule has 0 saturated heterocycles. The van der Waals surface area contributed by atoms with Gasteiger partial charge in [-0.3, -0.25) is 0 Å². The summed E-state index contributed by atoms with van der Waals surface area (Å²) < 4.78 is 0. The molecule has 0 heterocycles. The Hall–Kier alpha value is -1.37. The highest BCUT2D eigenvalue weighted by atomic mass is 16.3. The van der Waals surface area contributed by atoms with Gasteiger partial charge in [-0.25, -0.2) is 0 Å². The first-order chi connectivity index (χ1) is 9.83. The van der Waals surface area contributed by atoms with Gasteiger partial charge in [0, 0.05) is 12.1 Å². The molecule has 3 nitrogen and oxygen atoms in total. The van der Waals surface area contributed by atoms with E-state index in [1.807, 2.05) is 18.2 Å². The first-order valence-corrected chi connectivity index (χ1v) is 7.64. The Morgan fingerprint density at radius 3 is 2.65 bits per heavy atom. The van der Waals surface area contributed by atoms with E-state index in [0.717, 1.165) is 25.7 Å². The number of aliphatic hydroxyl groups is 1. The Bertz CT molecular complexity index is 426. The lowest BCUT2D eigenvalue weighted by Crippen LogP contribution is -2.45. The third kappa shape index (κ3) is 4.33. The Balaban J connectivity index is 1.96. The Morgan fingerprint density at radius 2 is 1.95 bits per heavy atom. The lowest BCUT2D eigenvalue weighted by atomic mass is 9.94. The first-order valence-electron chi connectivity index (χ1n) is 7.64. The lowest BCUT2D eigenvalue weighted by molar-refractivity contribution is 0.218. The second kappa shape index (κ2) is 8.04. The summed E-state index contributed by atoms with van der Waals surface area (Å²) in [5, 5.41) is 22.4. The van der Waals surface area contributed by atoms with Crippen molar-refractivity contribution in [2.75, 3.05) is 6.61 Å². The average molecular weight is 272 g/mol. The SMILES string of the molecule is N#CC1CCCCCC1NC(CO)Cc1ccccc1. The van der Waals surface area contributed by atoms with Crippen LogP contribution < -0.4 is 5.32 Å². The summed E-state index contributed by atoms with van der Waals surface area (Å²) in [6.45, 7) is 0.115. The van der Waals surface area contributed by atoms with Crippen LogP contribution in [0.4, 0.5) is 0 Å². The quantitative estimate of drug-likeness (QED) is 0.810. The van der Waals surface area contributed by atoms with Gasteiger partial charge < -0.3 is 10.4 Å². The summed E-state index contributed by atoms with van der Waals surface area (Å²) in [4.78, 5) is 0. The van der Waals surface area contributed by atoms with E-state index in [0.29, 0.717) is 0 Å². The smallest absolute Gasteiger partial charge is 0.0672 e. The minimum absolute atomic E-state index is 0.0383. The predicted molar refractivity (Wildman–Crippen MR) is 80.1 cm³/mol. The van der Waals surface area contributed by atoms with Gasteiger partial charge in [0.25, 0.3) is 0 Å². The number of nitrogens with zero attached hydrogens (tertiary/aromatic N) is 1. The van der Waals surface area contributed by atoms with Crippen LogP contribution in [0, 0.1) is 17.2 Å². The fraction of sp³-hybridized carbons (Fsp3) is 0.588. The van der Waals surface area contributed by atoms with E-state index in [2.05, 4.69) is 23.5 Å². The molecule has 20 heavy (non-hydrogen) atoms. The van der Waals surface area contributed by atoms with Crippen molar-refractivity contribution in [3.8, 4) is 6.07 Å². The van der Waals surface area contributed by atoms with Crippen molar-refractivity contribution in [3.05, 3.63) is 35.9 Å². The molecule has 0 radical (unpaired) electrons. The summed E-state index contributed by atoms with van der Waals surface area (Å²) in [7, 11) is 0. The van der Waals surface area contributed by atoms with Crippen LogP contribution in [-0.4, -0.2) is 23.8 Å². The van der Waals surface area contributed by atoms with Crippen LogP contribution in [0.25, 0.3) is 0 Å². The molecule has 108 valence electrons. The standard InChI is InChI=1S/C17H24N2O/c18-12-15-9-5-2-6-10-17(15)19-16(13-20)11-14-7-3-1-4-8-14/h1,3-4,7-8,15-17,19-20H,2,5-6,9-11,13H2. The zero-order valence-corrected chi connectivity index (χ0v) is 12.0. The van der Waals surface area contributed by atoms with Gasteiger partial charge in [-0.2, -0.15) is 5.26 Å². The van der Waals surface area contributed by atoms with E-state index in [1.165, 1.54) is 18.4 Å². The van der Waals surface area contributed by atoms with Crippen molar-refractivity contribution in [1.29, 1.82) is 5.26 Å². The zero-order chi connectivity index (χ0) is 14.2. The highest BCUT2D eigenvalue weighted by molar-refractivity contribution is 5.16. The molecule has 0 spiro atoms. The third-order valence-electron chi connectivity index (χ3n) is 4.18. The van der Waals surface area contributed by atoms with Gasteiger partial charge in [0.2, 0.25) is 0 Å². The van der Waals surface area contributed by atoms with Crippen molar-refractivity contribution >= 4 is 0 Å². The molecule has 1 aliphatic carbocycles. The number of rotatable bonds is 5. The highest BCUT2D eigenvalue weighted by Crippen LogP contribution is 2.23. The van der Waals surface area contributed by atoms with Gasteiger partial charge in [-0.15, -0.1) is 0 Å². The van der Waals surface area contributed by atoms with Crippen LogP contribution in [0.1, 0.15) is 37.7 Å². The fourth-order valence-electron chi connectivity index (χ4n) is 3.04. The van der Waals surface area contributed by atoms with Crippen molar-refractivity contribution in [1.82, 2.24) is 5.32 Å². The molecular formula is C17H24N2O. The molecule has 1 aromatic rings. The molecule has 0 aliphatic heterocycles. The lowest BCUT2D eigenvalue weighted by Gasteiger charge is -2.26. The zero-order valence-electron chi connectivity index (χ0n) is 12.0. The molecule has 0 amide bonds. The van der Waals surface area contributed by atoms with Gasteiger partial charge in [-0.1, -0.05) is 49.6 Å². The molecule has 0 aromatic heterocycles. The topological polar surface area (TPSA) is 56.0 Å². The number of aliphatic hydroxyl groups excluding tert-OH is 1. The van der Waals surface area contributed by atoms with Crippen LogP contribution in [0.3, 0.4) is 0 Å². The molecule has 1 aromatic carbocycles. The Morgan fingerprint density at radius 1 is 1.20 bits per heavy atom. The van der Waals surface area contributed by atoms with Crippen LogP contribution in [0.15, 0.2) is 30.3 Å². The summed E-state index contributed by atoms with van der Waals surface area (Å²) in [6.07, 6.45) is 6.39. The summed E-state index contributed by atoms with van der Waals surface area (Å²) in [6, 6.07) is 12.9. The largest absolute Gasteiger partial charge is 0.395 e. The average Bonchev–Trinajstić information content (AvgIpc) is 2.72. The molecule has 1 aliphatic rings. The van der Waals surface area contributed by atoms with Crippen LogP contribution in [0.2, 0.25) is 0 Å². The Kier molecular flexibility index (Phi) is 6.04. The van der Waals surface area contributed by atoms with Crippen molar-refractivity contribution in [2.24, 2.45) is 5.92 Å². The summed E-state index contributed by atoms with van der Waals surface area (Å²) >= 11 is 0. The summed E-state index contributed by atoms with van der Waals surface area (Å²) in [5.74, 6) is 0.0855. The highest BCUT2D eigenvalue weighted by Gasteiger charge is 2.25. The molecule has 1 fully saturated rings. The van der Waals surface area contributed by atoms with Crippen molar-refractivity contribution in [3.63, 3.8) is 0 Å². The molecule has 2 N–H and O–H groups in total. The summed E-state index contributed by atoms with van der Waals surface area (Å²) in [5.41, 5.74) is 1.22. The maximum atomic E-state index is 9.60.